The first-order valence-corrected chi connectivity index (χ1v) is 10.2. The number of hydrogen-bond acceptors (Lipinski definition) is 6. The molecule has 0 aliphatic carbocycles. The van der Waals surface area contributed by atoms with Crippen LogP contribution in [0.2, 0.25) is 0 Å². The van der Waals surface area contributed by atoms with E-state index in [4.69, 9.17) is 9.47 Å². The second-order valence-electron chi connectivity index (χ2n) is 6.40. The van der Waals surface area contributed by atoms with Gasteiger partial charge in [-0.1, -0.05) is 25.1 Å². The van der Waals surface area contributed by atoms with Crippen molar-refractivity contribution in [2.24, 2.45) is 0 Å². The van der Waals surface area contributed by atoms with Crippen molar-refractivity contribution in [2.45, 2.75) is 26.9 Å². The van der Waals surface area contributed by atoms with Gasteiger partial charge in [-0.05, 0) is 36.2 Å². The fourth-order valence-electron chi connectivity index (χ4n) is 2.67. The van der Waals surface area contributed by atoms with Crippen molar-refractivity contribution in [2.75, 3.05) is 11.5 Å². The molecule has 0 radical (unpaired) electrons. The fourth-order valence-corrected chi connectivity index (χ4v) is 3.54. The predicted molar refractivity (Wildman–Crippen MR) is 112 cm³/mol. The molecule has 0 fully saturated rings. The standard InChI is InChI=1S/C22H21FN2O4S/c1-3-16-7-9-19(10-8-16)25(15(2)26)22-24-18(14-30-22)12-29-21(27)13-28-20-6-4-5-17(23)11-20/h4-11,14H,3,12-13H2,1-2H3. The van der Waals surface area contributed by atoms with Gasteiger partial charge in [-0.25, -0.2) is 14.2 Å². The van der Waals surface area contributed by atoms with Gasteiger partial charge in [0.05, 0.1) is 11.4 Å². The molecule has 1 amide bonds. The van der Waals surface area contributed by atoms with Crippen molar-refractivity contribution in [3.8, 4) is 5.75 Å². The zero-order valence-electron chi connectivity index (χ0n) is 16.6. The zero-order valence-corrected chi connectivity index (χ0v) is 17.4. The van der Waals surface area contributed by atoms with Crippen molar-refractivity contribution in [3.05, 3.63) is 71.0 Å². The highest BCUT2D eigenvalue weighted by Gasteiger charge is 2.18. The Morgan fingerprint density at radius 2 is 1.93 bits per heavy atom. The van der Waals surface area contributed by atoms with Crippen LogP contribution in [-0.4, -0.2) is 23.5 Å². The van der Waals surface area contributed by atoms with Crippen molar-refractivity contribution >= 4 is 34.0 Å². The Morgan fingerprint density at radius 3 is 2.60 bits per heavy atom. The Morgan fingerprint density at radius 1 is 1.17 bits per heavy atom. The van der Waals surface area contributed by atoms with Gasteiger partial charge in [-0.15, -0.1) is 11.3 Å². The number of amides is 1. The number of aryl methyl sites for hydroxylation is 1. The van der Waals surface area contributed by atoms with Crippen LogP contribution in [-0.2, 0) is 27.4 Å². The first kappa shape index (κ1) is 21.4. The SMILES string of the molecule is CCc1ccc(N(C(C)=O)c2nc(COC(=O)COc3cccc(F)c3)cs2)cc1. The van der Waals surface area contributed by atoms with Crippen LogP contribution in [0.25, 0.3) is 0 Å². The molecule has 2 aromatic carbocycles. The lowest BCUT2D eigenvalue weighted by molar-refractivity contribution is -0.147. The normalized spacial score (nSPS) is 10.5. The summed E-state index contributed by atoms with van der Waals surface area (Å²) in [5.74, 6) is -0.975. The lowest BCUT2D eigenvalue weighted by Gasteiger charge is -2.18. The number of esters is 1. The van der Waals surface area contributed by atoms with E-state index in [9.17, 15) is 14.0 Å². The van der Waals surface area contributed by atoms with E-state index in [0.717, 1.165) is 12.1 Å². The molecular weight excluding hydrogens is 407 g/mol. The minimum Gasteiger partial charge on any atom is -0.482 e. The van der Waals surface area contributed by atoms with Gasteiger partial charge in [0.1, 0.15) is 18.2 Å². The topological polar surface area (TPSA) is 68.7 Å². The van der Waals surface area contributed by atoms with Gasteiger partial charge in [0.15, 0.2) is 11.7 Å². The summed E-state index contributed by atoms with van der Waals surface area (Å²) in [4.78, 5) is 30.0. The van der Waals surface area contributed by atoms with Gasteiger partial charge < -0.3 is 9.47 Å². The van der Waals surface area contributed by atoms with Crippen LogP contribution in [0.15, 0.2) is 53.9 Å². The molecule has 30 heavy (non-hydrogen) atoms. The molecule has 6 nitrogen and oxygen atoms in total. The maximum atomic E-state index is 13.1. The van der Waals surface area contributed by atoms with Crippen molar-refractivity contribution in [1.29, 1.82) is 0 Å². The second kappa shape index (κ2) is 9.98. The van der Waals surface area contributed by atoms with Gasteiger partial charge in [0, 0.05) is 18.4 Å². The molecule has 0 atom stereocenters. The molecule has 0 spiro atoms. The van der Waals surface area contributed by atoms with Crippen LogP contribution in [0.1, 0.15) is 25.1 Å². The van der Waals surface area contributed by atoms with Crippen LogP contribution in [0.5, 0.6) is 5.75 Å². The molecule has 8 heteroatoms. The van der Waals surface area contributed by atoms with Crippen molar-refractivity contribution in [1.82, 2.24) is 4.98 Å². The van der Waals surface area contributed by atoms with Crippen LogP contribution < -0.4 is 9.64 Å². The molecule has 3 rings (SSSR count). The van der Waals surface area contributed by atoms with Crippen LogP contribution in [0.4, 0.5) is 15.2 Å². The quantitative estimate of drug-likeness (QED) is 0.489. The molecule has 0 aliphatic rings. The van der Waals surface area contributed by atoms with Gasteiger partial charge >= 0.3 is 5.97 Å². The number of carbonyl (C=O) groups is 2. The van der Waals surface area contributed by atoms with Crippen LogP contribution >= 0.6 is 11.3 Å². The number of aromatic nitrogens is 1. The van der Waals surface area contributed by atoms with E-state index < -0.39 is 11.8 Å². The summed E-state index contributed by atoms with van der Waals surface area (Å²) in [5.41, 5.74) is 2.42. The summed E-state index contributed by atoms with van der Waals surface area (Å²) < 4.78 is 23.5. The molecule has 0 saturated heterocycles. The van der Waals surface area contributed by atoms with E-state index in [0.29, 0.717) is 10.8 Å². The number of rotatable bonds is 8. The smallest absolute Gasteiger partial charge is 0.344 e. The molecule has 1 heterocycles. The Hall–Kier alpha value is -3.26. The molecule has 0 saturated carbocycles. The summed E-state index contributed by atoms with van der Waals surface area (Å²) in [6, 6.07) is 13.2. The minimum atomic E-state index is -0.604. The lowest BCUT2D eigenvalue weighted by atomic mass is 10.1. The molecule has 0 N–H and O–H groups in total. The number of ether oxygens (including phenoxy) is 2. The maximum Gasteiger partial charge on any atom is 0.344 e. The number of thiazole rings is 1. The number of carbonyl (C=O) groups excluding carboxylic acids is 2. The second-order valence-corrected chi connectivity index (χ2v) is 7.24. The average Bonchev–Trinajstić information content (AvgIpc) is 3.19. The largest absolute Gasteiger partial charge is 0.482 e. The number of benzene rings is 2. The third kappa shape index (κ3) is 5.64. The van der Waals surface area contributed by atoms with E-state index in [1.165, 1.54) is 46.9 Å². The molecule has 1 aromatic heterocycles. The van der Waals surface area contributed by atoms with Gasteiger partial charge in [0.25, 0.3) is 0 Å². The van der Waals surface area contributed by atoms with Gasteiger partial charge in [0.2, 0.25) is 5.91 Å². The van der Waals surface area contributed by atoms with E-state index in [1.54, 1.807) is 11.4 Å². The third-order valence-electron chi connectivity index (χ3n) is 4.18. The Kier molecular flexibility index (Phi) is 7.13. The number of anilines is 2. The predicted octanol–water partition coefficient (Wildman–Crippen LogP) is 4.65. The summed E-state index contributed by atoms with van der Waals surface area (Å²) in [6.07, 6.45) is 0.913. The molecule has 0 unspecified atom stereocenters. The fraction of sp³-hybridized carbons (Fsp3) is 0.227. The molecule has 3 aromatic rings. The summed E-state index contributed by atoms with van der Waals surface area (Å²) in [5, 5.41) is 2.22. The van der Waals surface area contributed by atoms with Crippen molar-refractivity contribution in [3.63, 3.8) is 0 Å². The van der Waals surface area contributed by atoms with Crippen LogP contribution in [0.3, 0.4) is 0 Å². The maximum absolute atomic E-state index is 13.1. The first-order chi connectivity index (χ1) is 14.5. The summed E-state index contributed by atoms with van der Waals surface area (Å²) in [6.45, 7) is 3.14. The first-order valence-electron chi connectivity index (χ1n) is 9.34. The summed E-state index contributed by atoms with van der Waals surface area (Å²) in [7, 11) is 0. The molecule has 156 valence electrons. The van der Waals surface area contributed by atoms with Gasteiger partial charge in [-0.3, -0.25) is 9.69 Å². The van der Waals surface area contributed by atoms with E-state index in [1.807, 2.05) is 24.3 Å². The highest BCUT2D eigenvalue weighted by Crippen LogP contribution is 2.29. The number of nitrogens with zero attached hydrogens (tertiary/aromatic N) is 2. The average molecular weight is 428 g/mol. The van der Waals surface area contributed by atoms with Crippen molar-refractivity contribution < 1.29 is 23.5 Å². The van der Waals surface area contributed by atoms with Gasteiger partial charge in [-0.2, -0.15) is 0 Å². The van der Waals surface area contributed by atoms with E-state index in [2.05, 4.69) is 11.9 Å². The zero-order chi connectivity index (χ0) is 21.5. The Balaban J connectivity index is 1.58. The molecule has 0 aliphatic heterocycles. The third-order valence-corrected chi connectivity index (χ3v) is 5.06. The Bertz CT molecular complexity index is 1020. The minimum absolute atomic E-state index is 0.0532. The monoisotopic (exact) mass is 428 g/mol. The summed E-state index contributed by atoms with van der Waals surface area (Å²) >= 11 is 1.28. The highest BCUT2D eigenvalue weighted by atomic mass is 32.1. The number of hydrogen-bond donors (Lipinski definition) is 0. The van der Waals surface area contributed by atoms with E-state index >= 15 is 0 Å². The van der Waals surface area contributed by atoms with Crippen LogP contribution in [0, 0.1) is 5.82 Å². The molecule has 0 bridgehead atoms. The highest BCUT2D eigenvalue weighted by molar-refractivity contribution is 7.14. The number of halogens is 1. The lowest BCUT2D eigenvalue weighted by Crippen LogP contribution is -2.22. The van der Waals surface area contributed by atoms with E-state index in [-0.39, 0.29) is 24.9 Å². The molecular formula is C22H21FN2O4S. The Labute approximate surface area is 177 Å².